The van der Waals surface area contributed by atoms with Crippen LogP contribution in [0.4, 0.5) is 0 Å². The molecule has 0 fully saturated rings. The van der Waals surface area contributed by atoms with Gasteiger partial charge in [-0.25, -0.2) is 0 Å². The minimum Gasteiger partial charge on any atom is -0.462 e. The summed E-state index contributed by atoms with van der Waals surface area (Å²) in [4.78, 5) is 24.0. The van der Waals surface area contributed by atoms with Crippen LogP contribution in [0.5, 0.6) is 0 Å². The average Bonchev–Trinajstić information content (AvgIpc) is 2.92. The van der Waals surface area contributed by atoms with Crippen molar-refractivity contribution in [1.82, 2.24) is 0 Å². The first kappa shape index (κ1) is 36.6. The Labute approximate surface area is 235 Å². The predicted molar refractivity (Wildman–Crippen MR) is 159 cm³/mol. The lowest BCUT2D eigenvalue weighted by Crippen LogP contribution is -2.28. The van der Waals surface area contributed by atoms with E-state index in [1.165, 1.54) is 96.3 Å². The molecule has 1 N–H and O–H groups in total. The molecule has 5 nitrogen and oxygen atoms in total. The Bertz CT molecular complexity index is 546. The zero-order valence-electron chi connectivity index (χ0n) is 25.2. The molecule has 0 amide bonds. The highest BCUT2D eigenvalue weighted by atomic mass is 16.6. The third-order valence-corrected chi connectivity index (χ3v) is 7.06. The second-order valence-electron chi connectivity index (χ2n) is 10.9. The van der Waals surface area contributed by atoms with Crippen molar-refractivity contribution >= 4 is 11.9 Å². The second-order valence-corrected chi connectivity index (χ2v) is 10.9. The Morgan fingerprint density at radius 1 is 0.579 bits per heavy atom. The number of unbranched alkanes of at least 4 members (excludes halogenated alkanes) is 19. The van der Waals surface area contributed by atoms with Crippen LogP contribution in [0.1, 0.15) is 168 Å². The van der Waals surface area contributed by atoms with Crippen LogP contribution in [-0.2, 0) is 19.1 Å². The van der Waals surface area contributed by atoms with Crippen LogP contribution in [0.25, 0.3) is 0 Å². The number of allylic oxidation sites excluding steroid dienone is 2. The Kier molecular flexibility index (Phi) is 29.1. The monoisotopic (exact) mass is 538 g/mol. The Morgan fingerprint density at radius 2 is 0.974 bits per heavy atom. The molecule has 0 heterocycles. The summed E-state index contributed by atoms with van der Waals surface area (Å²) in [5.74, 6) is -0.599. The Hall–Kier alpha value is -1.36. The number of carbonyl (C=O) groups excluding carboxylic acids is 2. The highest BCUT2D eigenvalue weighted by Gasteiger charge is 2.16. The molecule has 0 rings (SSSR count). The van der Waals surface area contributed by atoms with Gasteiger partial charge in [-0.2, -0.15) is 0 Å². The molecule has 0 aromatic carbocycles. The number of esters is 2. The van der Waals surface area contributed by atoms with Crippen LogP contribution in [-0.4, -0.2) is 36.4 Å². The first-order chi connectivity index (χ1) is 18.6. The van der Waals surface area contributed by atoms with Crippen molar-refractivity contribution in [3.63, 3.8) is 0 Å². The van der Waals surface area contributed by atoms with Gasteiger partial charge in [-0.3, -0.25) is 9.59 Å². The summed E-state index contributed by atoms with van der Waals surface area (Å²) < 4.78 is 10.5. The van der Waals surface area contributed by atoms with Gasteiger partial charge < -0.3 is 14.6 Å². The fourth-order valence-electron chi connectivity index (χ4n) is 4.55. The number of aliphatic hydroxyl groups is 1. The first-order valence-corrected chi connectivity index (χ1v) is 16.2. The quantitative estimate of drug-likeness (QED) is 0.0583. The molecular weight excluding hydrogens is 476 g/mol. The van der Waals surface area contributed by atoms with Crippen LogP contribution in [0.15, 0.2) is 12.2 Å². The van der Waals surface area contributed by atoms with Crippen molar-refractivity contribution in [1.29, 1.82) is 0 Å². The number of rotatable bonds is 29. The lowest BCUT2D eigenvalue weighted by Gasteiger charge is -2.15. The van der Waals surface area contributed by atoms with Gasteiger partial charge in [0.15, 0.2) is 6.10 Å². The van der Waals surface area contributed by atoms with Crippen molar-refractivity contribution in [3.05, 3.63) is 12.2 Å². The van der Waals surface area contributed by atoms with E-state index in [-0.39, 0.29) is 25.2 Å². The molecule has 0 aromatic heterocycles. The minimum absolute atomic E-state index is 0.0642. The molecule has 0 spiro atoms. The third-order valence-electron chi connectivity index (χ3n) is 7.06. The normalized spacial score (nSPS) is 12.2. The average molecular weight is 539 g/mol. The van der Waals surface area contributed by atoms with E-state index in [1.54, 1.807) is 0 Å². The standard InChI is InChI=1S/C33H62O5/c1-3-5-7-9-11-13-15-17-19-21-23-25-27-32(35)37-30-31(29-34)38-33(36)28-26-24-22-20-18-16-14-12-10-8-6-4-2/h12,14,31,34H,3-11,13,15-30H2,1-2H3/b14-12-. The molecule has 5 heteroatoms. The van der Waals surface area contributed by atoms with Crippen molar-refractivity contribution in [2.45, 2.75) is 174 Å². The molecule has 38 heavy (non-hydrogen) atoms. The molecule has 0 aliphatic rings. The van der Waals surface area contributed by atoms with Crippen LogP contribution in [0.2, 0.25) is 0 Å². The largest absolute Gasteiger partial charge is 0.462 e. The third kappa shape index (κ3) is 27.7. The molecule has 0 saturated heterocycles. The van der Waals surface area contributed by atoms with Gasteiger partial charge in [-0.15, -0.1) is 0 Å². The van der Waals surface area contributed by atoms with Crippen LogP contribution < -0.4 is 0 Å². The fourth-order valence-corrected chi connectivity index (χ4v) is 4.55. The van der Waals surface area contributed by atoms with Gasteiger partial charge in [0.25, 0.3) is 0 Å². The van der Waals surface area contributed by atoms with Gasteiger partial charge >= 0.3 is 11.9 Å². The van der Waals surface area contributed by atoms with Crippen molar-refractivity contribution in [2.75, 3.05) is 13.2 Å². The lowest BCUT2D eigenvalue weighted by molar-refractivity contribution is -0.161. The van der Waals surface area contributed by atoms with Gasteiger partial charge in [0, 0.05) is 12.8 Å². The topological polar surface area (TPSA) is 72.8 Å². The van der Waals surface area contributed by atoms with Crippen molar-refractivity contribution in [2.24, 2.45) is 0 Å². The molecule has 224 valence electrons. The van der Waals surface area contributed by atoms with Crippen LogP contribution in [0, 0.1) is 0 Å². The molecular formula is C33H62O5. The molecule has 1 unspecified atom stereocenters. The number of hydrogen-bond acceptors (Lipinski definition) is 5. The molecule has 0 saturated carbocycles. The van der Waals surface area contributed by atoms with E-state index in [9.17, 15) is 14.7 Å². The van der Waals surface area contributed by atoms with Gasteiger partial charge in [0.1, 0.15) is 6.61 Å². The zero-order chi connectivity index (χ0) is 27.9. The first-order valence-electron chi connectivity index (χ1n) is 16.2. The predicted octanol–water partition coefficient (Wildman–Crippen LogP) is 9.39. The van der Waals surface area contributed by atoms with Crippen molar-refractivity contribution < 1.29 is 24.2 Å². The summed E-state index contributed by atoms with van der Waals surface area (Å²) in [6, 6.07) is 0. The summed E-state index contributed by atoms with van der Waals surface area (Å²) in [7, 11) is 0. The van der Waals surface area contributed by atoms with E-state index in [0.717, 1.165) is 44.9 Å². The summed E-state index contributed by atoms with van der Waals surface area (Å²) in [5.41, 5.74) is 0. The number of hydrogen-bond donors (Lipinski definition) is 1. The summed E-state index contributed by atoms with van der Waals surface area (Å²) in [5, 5.41) is 9.48. The Balaban J connectivity index is 3.58. The summed E-state index contributed by atoms with van der Waals surface area (Å²) >= 11 is 0. The smallest absolute Gasteiger partial charge is 0.306 e. The van der Waals surface area contributed by atoms with E-state index in [1.807, 2.05) is 0 Å². The maximum atomic E-state index is 12.1. The summed E-state index contributed by atoms with van der Waals surface area (Å²) in [6.07, 6.45) is 31.1. The summed E-state index contributed by atoms with van der Waals surface area (Å²) in [6.45, 7) is 4.09. The van der Waals surface area contributed by atoms with Gasteiger partial charge in [0.2, 0.25) is 0 Å². The minimum atomic E-state index is -0.766. The molecule has 0 aliphatic heterocycles. The maximum Gasteiger partial charge on any atom is 0.306 e. The van der Waals surface area contributed by atoms with E-state index in [2.05, 4.69) is 26.0 Å². The highest BCUT2D eigenvalue weighted by molar-refractivity contribution is 5.70. The van der Waals surface area contributed by atoms with Crippen molar-refractivity contribution in [3.8, 4) is 0 Å². The number of ether oxygens (including phenoxy) is 2. The van der Waals surface area contributed by atoms with E-state index >= 15 is 0 Å². The van der Waals surface area contributed by atoms with Crippen LogP contribution >= 0.6 is 0 Å². The highest BCUT2D eigenvalue weighted by Crippen LogP contribution is 2.13. The Morgan fingerprint density at radius 3 is 1.47 bits per heavy atom. The zero-order valence-corrected chi connectivity index (χ0v) is 25.2. The van der Waals surface area contributed by atoms with E-state index in [0.29, 0.717) is 12.8 Å². The fraction of sp³-hybridized carbons (Fsp3) is 0.879. The SMILES string of the molecule is CCCCC/C=C\CCCCCCCC(=O)OC(CO)COC(=O)CCCCCCCCCCCCCC. The molecule has 0 bridgehead atoms. The van der Waals surface area contributed by atoms with E-state index < -0.39 is 6.10 Å². The second kappa shape index (κ2) is 30.2. The van der Waals surface area contributed by atoms with Gasteiger partial charge in [-0.05, 0) is 38.5 Å². The van der Waals surface area contributed by atoms with Gasteiger partial charge in [0.05, 0.1) is 6.61 Å². The molecule has 0 aromatic rings. The molecule has 0 radical (unpaired) electrons. The molecule has 0 aliphatic carbocycles. The van der Waals surface area contributed by atoms with E-state index in [4.69, 9.17) is 9.47 Å². The molecule has 1 atom stereocenters. The lowest BCUT2D eigenvalue weighted by atomic mass is 10.0. The number of aliphatic hydroxyl groups excluding tert-OH is 1. The van der Waals surface area contributed by atoms with Gasteiger partial charge in [-0.1, -0.05) is 129 Å². The number of carbonyl (C=O) groups is 2. The maximum absolute atomic E-state index is 12.1. The van der Waals surface area contributed by atoms with Crippen LogP contribution in [0.3, 0.4) is 0 Å².